The smallest absolute Gasteiger partial charge is 0.295 e. The molecule has 2 aromatic rings. The molecule has 1 fully saturated rings. The van der Waals surface area contributed by atoms with Crippen molar-refractivity contribution < 1.29 is 24.5 Å². The number of hydrogen-bond acceptors (Lipinski definition) is 5. The number of likely N-dealkylation sites (tertiary alicyclic amines) is 1. The molecule has 1 atom stereocenters. The van der Waals surface area contributed by atoms with Crippen LogP contribution in [0.5, 0.6) is 11.5 Å². The van der Waals surface area contributed by atoms with E-state index in [0.717, 1.165) is 0 Å². The molecule has 6 heteroatoms. The van der Waals surface area contributed by atoms with Gasteiger partial charge in [-0.3, -0.25) is 9.59 Å². The largest absolute Gasteiger partial charge is 0.508 e. The average molecular weight is 391 g/mol. The zero-order valence-electron chi connectivity index (χ0n) is 15.7. The van der Waals surface area contributed by atoms with Crippen molar-refractivity contribution in [1.29, 1.82) is 0 Å². The number of hydrogen-bond donors (Lipinski definition) is 2. The van der Waals surface area contributed by atoms with Gasteiger partial charge < -0.3 is 19.8 Å². The number of aliphatic hydroxyl groups excluding tert-OH is 1. The molecule has 1 aliphatic heterocycles. The number of carbonyl (C=O) groups is 2. The van der Waals surface area contributed by atoms with Gasteiger partial charge in [0.05, 0.1) is 11.6 Å². The number of aromatic hydroxyl groups is 1. The Labute approximate surface area is 168 Å². The fourth-order valence-electron chi connectivity index (χ4n) is 3.23. The van der Waals surface area contributed by atoms with Gasteiger partial charge in [-0.2, -0.15) is 0 Å². The van der Waals surface area contributed by atoms with Crippen LogP contribution in [0.3, 0.4) is 0 Å². The third kappa shape index (κ3) is 3.91. The van der Waals surface area contributed by atoms with Crippen LogP contribution >= 0.6 is 0 Å². The highest BCUT2D eigenvalue weighted by Gasteiger charge is 2.45. The number of ketones is 1. The Kier molecular flexibility index (Phi) is 5.83. The summed E-state index contributed by atoms with van der Waals surface area (Å²) in [6.07, 6.45) is 3.14. The Morgan fingerprint density at radius 3 is 2.28 bits per heavy atom. The van der Waals surface area contributed by atoms with Crippen LogP contribution in [-0.4, -0.2) is 40.0 Å². The van der Waals surface area contributed by atoms with Gasteiger partial charge in [-0.05, 0) is 42.0 Å². The first-order chi connectivity index (χ1) is 14.0. The van der Waals surface area contributed by atoms with Gasteiger partial charge in [0.1, 0.15) is 23.9 Å². The fourth-order valence-corrected chi connectivity index (χ4v) is 3.23. The molecule has 0 aromatic heterocycles. The highest BCUT2D eigenvalue weighted by molar-refractivity contribution is 6.46. The van der Waals surface area contributed by atoms with Crippen molar-refractivity contribution in [2.24, 2.45) is 0 Å². The van der Waals surface area contributed by atoms with Crippen LogP contribution in [-0.2, 0) is 9.59 Å². The van der Waals surface area contributed by atoms with E-state index in [0.29, 0.717) is 23.5 Å². The number of aliphatic hydroxyl groups is 1. The van der Waals surface area contributed by atoms with Crippen LogP contribution in [0.4, 0.5) is 0 Å². The quantitative estimate of drug-likeness (QED) is 0.326. The maximum absolute atomic E-state index is 12.7. The molecule has 1 saturated heterocycles. The molecule has 2 aromatic carbocycles. The van der Waals surface area contributed by atoms with Gasteiger partial charge in [-0.25, -0.2) is 0 Å². The molecule has 29 heavy (non-hydrogen) atoms. The fraction of sp³-hybridized carbons (Fsp3) is 0.130. The number of phenolic OH excluding ortho intramolecular Hbond substituents is 1. The molecule has 0 spiro atoms. The highest BCUT2D eigenvalue weighted by Crippen LogP contribution is 2.39. The SMILES string of the molecule is C=CCOc1ccc(C(O)=C2C(=O)C(=O)N(CC=C)C2c2ccc(O)cc2)cc1. The molecule has 0 saturated carbocycles. The molecule has 1 amide bonds. The number of amides is 1. The van der Waals surface area contributed by atoms with Crippen LogP contribution in [0.25, 0.3) is 5.76 Å². The van der Waals surface area contributed by atoms with E-state index < -0.39 is 17.7 Å². The molecule has 1 heterocycles. The van der Waals surface area contributed by atoms with Gasteiger partial charge in [-0.15, -0.1) is 6.58 Å². The summed E-state index contributed by atoms with van der Waals surface area (Å²) in [5.74, 6) is -1.11. The van der Waals surface area contributed by atoms with E-state index in [-0.39, 0.29) is 23.6 Å². The molecular formula is C23H21NO5. The van der Waals surface area contributed by atoms with E-state index in [2.05, 4.69) is 13.2 Å². The highest BCUT2D eigenvalue weighted by atomic mass is 16.5. The van der Waals surface area contributed by atoms with Crippen LogP contribution in [0.2, 0.25) is 0 Å². The summed E-state index contributed by atoms with van der Waals surface area (Å²) in [5.41, 5.74) is 0.968. The minimum Gasteiger partial charge on any atom is -0.508 e. The molecule has 3 rings (SSSR count). The Morgan fingerprint density at radius 2 is 1.69 bits per heavy atom. The number of phenols is 1. The van der Waals surface area contributed by atoms with Crippen LogP contribution < -0.4 is 4.74 Å². The molecule has 1 aliphatic rings. The lowest BCUT2D eigenvalue weighted by Gasteiger charge is -2.24. The van der Waals surface area contributed by atoms with Gasteiger partial charge in [0.15, 0.2) is 0 Å². The zero-order valence-corrected chi connectivity index (χ0v) is 15.7. The Balaban J connectivity index is 2.08. The van der Waals surface area contributed by atoms with Gasteiger partial charge >= 0.3 is 0 Å². The number of nitrogens with zero attached hydrogens (tertiary/aromatic N) is 1. The molecular weight excluding hydrogens is 370 g/mol. The van der Waals surface area contributed by atoms with Gasteiger partial charge in [0.25, 0.3) is 11.7 Å². The summed E-state index contributed by atoms with van der Waals surface area (Å²) < 4.78 is 5.42. The van der Waals surface area contributed by atoms with E-state index in [1.165, 1.54) is 23.1 Å². The van der Waals surface area contributed by atoms with Crippen molar-refractivity contribution in [2.45, 2.75) is 6.04 Å². The van der Waals surface area contributed by atoms with Crippen molar-refractivity contribution in [2.75, 3.05) is 13.2 Å². The van der Waals surface area contributed by atoms with Crippen LogP contribution in [0, 0.1) is 0 Å². The van der Waals surface area contributed by atoms with Crippen molar-refractivity contribution in [3.8, 4) is 11.5 Å². The van der Waals surface area contributed by atoms with Crippen LogP contribution in [0.1, 0.15) is 17.2 Å². The lowest BCUT2D eigenvalue weighted by molar-refractivity contribution is -0.139. The third-order valence-corrected chi connectivity index (χ3v) is 4.57. The molecule has 0 aliphatic carbocycles. The summed E-state index contributed by atoms with van der Waals surface area (Å²) in [4.78, 5) is 26.6. The second-order valence-electron chi connectivity index (χ2n) is 6.46. The summed E-state index contributed by atoms with van der Waals surface area (Å²) in [7, 11) is 0. The summed E-state index contributed by atoms with van der Waals surface area (Å²) in [5, 5.41) is 20.5. The van der Waals surface area contributed by atoms with E-state index in [4.69, 9.17) is 4.74 Å². The first-order valence-electron chi connectivity index (χ1n) is 9.00. The first kappa shape index (κ1) is 19.9. The second kappa shape index (κ2) is 8.48. The first-order valence-corrected chi connectivity index (χ1v) is 9.00. The van der Waals surface area contributed by atoms with Crippen molar-refractivity contribution in [3.63, 3.8) is 0 Å². The maximum Gasteiger partial charge on any atom is 0.295 e. The molecule has 0 bridgehead atoms. The Bertz CT molecular complexity index is 973. The minimum atomic E-state index is -0.787. The molecule has 0 radical (unpaired) electrons. The van der Waals surface area contributed by atoms with Gasteiger partial charge in [0.2, 0.25) is 0 Å². The number of carbonyl (C=O) groups excluding carboxylic acids is 2. The maximum atomic E-state index is 12.7. The predicted molar refractivity (Wildman–Crippen MR) is 109 cm³/mol. The predicted octanol–water partition coefficient (Wildman–Crippen LogP) is 3.56. The second-order valence-corrected chi connectivity index (χ2v) is 6.46. The van der Waals surface area contributed by atoms with E-state index in [1.54, 1.807) is 42.5 Å². The standard InChI is InChI=1S/C23H21NO5/c1-3-13-24-20(15-5-9-17(25)10-6-15)19(22(27)23(24)28)21(26)16-7-11-18(12-8-16)29-14-4-2/h3-12,20,25-26H,1-2,13-14H2. The molecule has 2 N–H and O–H groups in total. The third-order valence-electron chi connectivity index (χ3n) is 4.57. The molecule has 1 unspecified atom stereocenters. The zero-order chi connectivity index (χ0) is 21.0. The van der Waals surface area contributed by atoms with Crippen molar-refractivity contribution in [3.05, 3.63) is 90.5 Å². The number of rotatable bonds is 7. The lowest BCUT2D eigenvalue weighted by Crippen LogP contribution is -2.29. The lowest BCUT2D eigenvalue weighted by atomic mass is 9.95. The normalized spacial score (nSPS) is 17.9. The minimum absolute atomic E-state index is 0.0118. The van der Waals surface area contributed by atoms with E-state index >= 15 is 0 Å². The number of Topliss-reactive ketones (excluding diaryl/α,β-unsaturated/α-hetero) is 1. The number of benzene rings is 2. The number of ether oxygens (including phenoxy) is 1. The average Bonchev–Trinajstić information content (AvgIpc) is 2.98. The summed E-state index contributed by atoms with van der Waals surface area (Å²) >= 11 is 0. The van der Waals surface area contributed by atoms with Gasteiger partial charge in [-0.1, -0.05) is 30.9 Å². The van der Waals surface area contributed by atoms with E-state index in [9.17, 15) is 19.8 Å². The topological polar surface area (TPSA) is 87.1 Å². The summed E-state index contributed by atoms with van der Waals surface area (Å²) in [6, 6.07) is 11.9. The van der Waals surface area contributed by atoms with Crippen molar-refractivity contribution >= 4 is 17.4 Å². The summed E-state index contributed by atoms with van der Waals surface area (Å²) in [6.45, 7) is 7.71. The monoisotopic (exact) mass is 391 g/mol. The Morgan fingerprint density at radius 1 is 1.03 bits per heavy atom. The van der Waals surface area contributed by atoms with Crippen molar-refractivity contribution in [1.82, 2.24) is 4.90 Å². The van der Waals surface area contributed by atoms with Crippen LogP contribution in [0.15, 0.2) is 79.4 Å². The Hall–Kier alpha value is -3.80. The molecule has 148 valence electrons. The van der Waals surface area contributed by atoms with E-state index in [1.807, 2.05) is 0 Å². The molecule has 6 nitrogen and oxygen atoms in total. The van der Waals surface area contributed by atoms with Gasteiger partial charge in [0, 0.05) is 12.1 Å².